The Labute approximate surface area is 261 Å². The molecule has 0 aliphatic carbocycles. The van der Waals surface area contributed by atoms with E-state index >= 15 is 0 Å². The summed E-state index contributed by atoms with van der Waals surface area (Å²) in [6.07, 6.45) is 6.52. The van der Waals surface area contributed by atoms with Crippen LogP contribution in [0.4, 0.5) is 0 Å². The molecule has 0 spiro atoms. The van der Waals surface area contributed by atoms with E-state index in [1.807, 2.05) is 13.8 Å². The zero-order valence-corrected chi connectivity index (χ0v) is 26.0. The van der Waals surface area contributed by atoms with Gasteiger partial charge in [0.15, 0.2) is 0 Å². The number of hydrogen-bond donors (Lipinski definition) is 0. The van der Waals surface area contributed by atoms with Crippen molar-refractivity contribution in [3.05, 3.63) is 163 Å². The normalized spacial score (nSPS) is 11.7. The van der Waals surface area contributed by atoms with Gasteiger partial charge < -0.3 is 0 Å². The molecule has 0 N–H and O–H groups in total. The van der Waals surface area contributed by atoms with Crippen molar-refractivity contribution < 1.29 is 0 Å². The van der Waals surface area contributed by atoms with Crippen molar-refractivity contribution in [2.24, 2.45) is 0 Å². The summed E-state index contributed by atoms with van der Waals surface area (Å²) in [5.74, 6) is 0. The molecule has 0 saturated heterocycles. The van der Waals surface area contributed by atoms with Crippen molar-refractivity contribution in [3.8, 4) is 33.4 Å². The molecule has 0 aliphatic heterocycles. The standard InChI is InChI=1S/C42H32.C2H6/c1-3-14-29(4-2)34-26-35(30-15-6-5-7-16-30)28-36(27-34)42-39-21-12-10-19-37(39)41(38-20-11-13-22-40(38)42)33-24-23-31-17-8-9-18-32(31)25-33;1-2/h3-28H,1-2H3;1-2H3/b14-3-,29-4+;. The van der Waals surface area contributed by atoms with Crippen LogP contribution in [0.1, 0.15) is 33.3 Å². The average Bonchev–Trinajstić information content (AvgIpc) is 3.10. The highest BCUT2D eigenvalue weighted by Gasteiger charge is 2.18. The fourth-order valence-electron chi connectivity index (χ4n) is 6.37. The second kappa shape index (κ2) is 13.0. The molecule has 7 aromatic rings. The summed E-state index contributed by atoms with van der Waals surface area (Å²) < 4.78 is 0. The van der Waals surface area contributed by atoms with Crippen molar-refractivity contribution in [3.63, 3.8) is 0 Å². The minimum Gasteiger partial charge on any atom is -0.0871 e. The number of hydrogen-bond acceptors (Lipinski definition) is 0. The second-order valence-corrected chi connectivity index (χ2v) is 10.8. The van der Waals surface area contributed by atoms with E-state index in [9.17, 15) is 0 Å². The summed E-state index contributed by atoms with van der Waals surface area (Å²) in [7, 11) is 0. The van der Waals surface area contributed by atoms with E-state index in [1.165, 1.54) is 76.8 Å². The second-order valence-electron chi connectivity index (χ2n) is 10.8. The molecule has 214 valence electrons. The van der Waals surface area contributed by atoms with E-state index < -0.39 is 0 Å². The minimum atomic E-state index is 1.22. The highest BCUT2D eigenvalue weighted by Crippen LogP contribution is 2.45. The fourth-order valence-corrected chi connectivity index (χ4v) is 6.37. The first-order valence-electron chi connectivity index (χ1n) is 15.7. The van der Waals surface area contributed by atoms with Gasteiger partial charge in [-0.25, -0.2) is 0 Å². The molecule has 0 atom stereocenters. The van der Waals surface area contributed by atoms with Crippen molar-refractivity contribution in [2.75, 3.05) is 0 Å². The van der Waals surface area contributed by atoms with Crippen LogP contribution in [0.15, 0.2) is 158 Å². The Balaban J connectivity index is 0.00000168. The lowest BCUT2D eigenvalue weighted by molar-refractivity contribution is 1.50. The summed E-state index contributed by atoms with van der Waals surface area (Å²) >= 11 is 0. The molecule has 0 heteroatoms. The summed E-state index contributed by atoms with van der Waals surface area (Å²) in [6.45, 7) is 8.20. The Morgan fingerprint density at radius 3 is 1.55 bits per heavy atom. The monoisotopic (exact) mass is 566 g/mol. The van der Waals surface area contributed by atoms with E-state index in [2.05, 4.69) is 172 Å². The molecule has 44 heavy (non-hydrogen) atoms. The molecule has 0 aliphatic rings. The first kappa shape index (κ1) is 28.9. The Bertz CT molecular complexity index is 2080. The summed E-state index contributed by atoms with van der Waals surface area (Å²) in [5, 5.41) is 7.60. The van der Waals surface area contributed by atoms with E-state index in [1.54, 1.807) is 0 Å². The zero-order valence-electron chi connectivity index (χ0n) is 26.0. The molecular formula is C44H38. The van der Waals surface area contributed by atoms with Gasteiger partial charge in [-0.1, -0.05) is 147 Å². The fraction of sp³-hybridized carbons (Fsp3) is 0.0909. The molecule has 0 radical (unpaired) electrons. The third-order valence-electron chi connectivity index (χ3n) is 8.29. The molecule has 7 aromatic carbocycles. The first-order valence-corrected chi connectivity index (χ1v) is 15.7. The lowest BCUT2D eigenvalue weighted by Crippen LogP contribution is -1.93. The lowest BCUT2D eigenvalue weighted by atomic mass is 9.84. The molecule has 0 amide bonds. The van der Waals surface area contributed by atoms with Gasteiger partial charge in [0.25, 0.3) is 0 Å². The topological polar surface area (TPSA) is 0 Å². The summed E-state index contributed by atoms with van der Waals surface area (Å²) in [4.78, 5) is 0. The van der Waals surface area contributed by atoms with Gasteiger partial charge >= 0.3 is 0 Å². The van der Waals surface area contributed by atoms with Gasteiger partial charge in [0.2, 0.25) is 0 Å². The largest absolute Gasteiger partial charge is 0.0871 e. The minimum absolute atomic E-state index is 1.22. The van der Waals surface area contributed by atoms with E-state index in [-0.39, 0.29) is 0 Å². The number of fused-ring (bicyclic) bond motifs is 3. The predicted molar refractivity (Wildman–Crippen MR) is 195 cm³/mol. The molecule has 7 rings (SSSR count). The van der Waals surface area contributed by atoms with Crippen molar-refractivity contribution in [2.45, 2.75) is 27.7 Å². The molecule has 0 unspecified atom stereocenters. The average molecular weight is 567 g/mol. The highest BCUT2D eigenvalue weighted by atomic mass is 14.2. The van der Waals surface area contributed by atoms with Gasteiger partial charge in [-0.3, -0.25) is 0 Å². The maximum atomic E-state index is 2.37. The number of rotatable bonds is 5. The van der Waals surface area contributed by atoms with Gasteiger partial charge in [-0.2, -0.15) is 0 Å². The smallest absolute Gasteiger partial charge is 0.00259 e. The Morgan fingerprint density at radius 1 is 0.432 bits per heavy atom. The third kappa shape index (κ3) is 5.36. The van der Waals surface area contributed by atoms with Crippen LogP contribution in [0.5, 0.6) is 0 Å². The van der Waals surface area contributed by atoms with Gasteiger partial charge in [0.05, 0.1) is 0 Å². The molecule has 0 heterocycles. The van der Waals surface area contributed by atoms with Crippen molar-refractivity contribution in [1.29, 1.82) is 0 Å². The lowest BCUT2D eigenvalue weighted by Gasteiger charge is -2.19. The predicted octanol–water partition coefficient (Wildman–Crippen LogP) is 13.2. The van der Waals surface area contributed by atoms with Gasteiger partial charge in [0, 0.05) is 0 Å². The van der Waals surface area contributed by atoms with E-state index in [4.69, 9.17) is 0 Å². The highest BCUT2D eigenvalue weighted by molar-refractivity contribution is 6.22. The van der Waals surface area contributed by atoms with Crippen LogP contribution in [-0.2, 0) is 0 Å². The molecule has 0 aromatic heterocycles. The molecule has 0 bridgehead atoms. The maximum absolute atomic E-state index is 2.37. The molecule has 0 fully saturated rings. The quantitative estimate of drug-likeness (QED) is 0.144. The van der Waals surface area contributed by atoms with Crippen molar-refractivity contribution >= 4 is 37.9 Å². The van der Waals surface area contributed by atoms with E-state index in [0.29, 0.717) is 0 Å². The SMILES string of the molecule is C/C=C\C(=C/C)c1cc(-c2ccccc2)cc(-c2c3ccccc3c(-c3ccc4ccccc4c3)c3ccccc23)c1.CC. The zero-order chi connectivity index (χ0) is 30.5. The van der Waals surface area contributed by atoms with Gasteiger partial charge in [-0.15, -0.1) is 0 Å². The van der Waals surface area contributed by atoms with Crippen LogP contribution in [0.25, 0.3) is 71.3 Å². The Hall–Kier alpha value is -5.20. The van der Waals surface area contributed by atoms with Gasteiger partial charge in [0.1, 0.15) is 0 Å². The van der Waals surface area contributed by atoms with Crippen LogP contribution < -0.4 is 0 Å². The molecular weight excluding hydrogens is 528 g/mol. The number of benzene rings is 7. The van der Waals surface area contributed by atoms with E-state index in [0.717, 1.165) is 0 Å². The van der Waals surface area contributed by atoms with Gasteiger partial charge in [-0.05, 0) is 115 Å². The van der Waals surface area contributed by atoms with Crippen LogP contribution >= 0.6 is 0 Å². The summed E-state index contributed by atoms with van der Waals surface area (Å²) in [6, 6.07) is 51.1. The van der Waals surface area contributed by atoms with Crippen LogP contribution in [0.2, 0.25) is 0 Å². The van der Waals surface area contributed by atoms with Crippen LogP contribution in [0.3, 0.4) is 0 Å². The maximum Gasteiger partial charge on any atom is -0.00259 e. The molecule has 0 nitrogen and oxygen atoms in total. The first-order chi connectivity index (χ1) is 21.7. The Morgan fingerprint density at radius 2 is 0.955 bits per heavy atom. The third-order valence-corrected chi connectivity index (χ3v) is 8.29. The van der Waals surface area contributed by atoms with Crippen LogP contribution in [-0.4, -0.2) is 0 Å². The van der Waals surface area contributed by atoms with Crippen molar-refractivity contribution in [1.82, 2.24) is 0 Å². The summed E-state index contributed by atoms with van der Waals surface area (Å²) in [5.41, 5.74) is 9.93. The Kier molecular flexibility index (Phi) is 8.52. The number of allylic oxidation sites excluding steroid dienone is 4. The van der Waals surface area contributed by atoms with Crippen LogP contribution in [0, 0.1) is 0 Å². The molecule has 0 saturated carbocycles.